The number of rotatable bonds is 13. The van der Waals surface area contributed by atoms with Crippen LogP contribution in [0.3, 0.4) is 0 Å². The number of phosphoric acid groups is 1. The molecule has 0 heterocycles. The molecule has 2 amide bonds. The first-order valence-electron chi connectivity index (χ1n) is 13.5. The van der Waals surface area contributed by atoms with Crippen molar-refractivity contribution in [1.29, 1.82) is 0 Å². The van der Waals surface area contributed by atoms with Crippen molar-refractivity contribution < 1.29 is 61.0 Å². The zero-order chi connectivity index (χ0) is 32.8. The summed E-state index contributed by atoms with van der Waals surface area (Å²) < 4.78 is 63.8. The molecule has 2 bridgehead atoms. The molecule has 13 nitrogen and oxygen atoms in total. The summed E-state index contributed by atoms with van der Waals surface area (Å²) in [6.07, 6.45) is -0.872. The second-order valence-electron chi connectivity index (χ2n) is 10.5. The number of fused-ring (bicyclic) bond motifs is 3. The van der Waals surface area contributed by atoms with Crippen LogP contribution in [0, 0.1) is 11.6 Å². The van der Waals surface area contributed by atoms with E-state index in [1.54, 1.807) is 0 Å². The Morgan fingerprint density at radius 2 is 1.40 bits per heavy atom. The Hall–Kier alpha value is -3.20. The molecule has 0 spiro atoms. The van der Waals surface area contributed by atoms with Crippen molar-refractivity contribution in [1.82, 2.24) is 10.6 Å². The molecule has 0 saturated heterocycles. The minimum absolute atomic E-state index is 0.0614. The third-order valence-electron chi connectivity index (χ3n) is 7.41. The first-order chi connectivity index (χ1) is 21.2. The molecule has 0 aromatic heterocycles. The largest absolute Gasteiger partial charge is 0.508 e. The van der Waals surface area contributed by atoms with Crippen LogP contribution in [0.5, 0.6) is 11.5 Å². The van der Waals surface area contributed by atoms with Crippen molar-refractivity contribution in [2.75, 3.05) is 26.4 Å². The van der Waals surface area contributed by atoms with E-state index >= 15 is 0 Å². The molecule has 0 unspecified atom stereocenters. The van der Waals surface area contributed by atoms with Crippen LogP contribution < -0.4 is 20.1 Å². The molecule has 0 radical (unpaired) electrons. The fraction of sp³-hybridized carbons (Fsp3) is 0.444. The molecule has 45 heavy (non-hydrogen) atoms. The maximum absolute atomic E-state index is 13.8. The zero-order valence-electron chi connectivity index (χ0n) is 23.4. The molecule has 18 heteroatoms. The topological polar surface area (TPSA) is 179 Å². The molecule has 246 valence electrons. The number of nitrogens with one attached hydrogen (secondary N) is 2. The molecule has 3 saturated carbocycles. The highest BCUT2D eigenvalue weighted by molar-refractivity contribution is 7.46. The van der Waals surface area contributed by atoms with Gasteiger partial charge in [-0.25, -0.2) is 18.1 Å². The summed E-state index contributed by atoms with van der Waals surface area (Å²) in [6.45, 7) is -2.08. The molecular formula is C27H29Cl2F2N2O11P. The van der Waals surface area contributed by atoms with Crippen molar-refractivity contribution in [2.45, 2.75) is 49.3 Å². The van der Waals surface area contributed by atoms with Crippen LogP contribution in [0.15, 0.2) is 36.4 Å². The van der Waals surface area contributed by atoms with Gasteiger partial charge in [0.05, 0.1) is 22.2 Å². The van der Waals surface area contributed by atoms with Gasteiger partial charge in [-0.15, -0.1) is 0 Å². The van der Waals surface area contributed by atoms with Gasteiger partial charge in [0.2, 0.25) is 0 Å². The van der Waals surface area contributed by atoms with Crippen molar-refractivity contribution in [3.63, 3.8) is 0 Å². The third kappa shape index (κ3) is 9.65. The SMILES string of the molecule is O=C(COc1ccc(Cl)c(F)c1)NC12CCC(NC(=O)COc3ccc(Cl)c(F)c3)(CC1)[C@H](OC(=O)OCCOP(=O)(O)O)C2. The minimum atomic E-state index is -4.78. The van der Waals surface area contributed by atoms with Crippen molar-refractivity contribution in [3.8, 4) is 11.5 Å². The van der Waals surface area contributed by atoms with Crippen molar-refractivity contribution in [3.05, 3.63) is 58.1 Å². The fourth-order valence-electron chi connectivity index (χ4n) is 5.29. The van der Waals surface area contributed by atoms with E-state index < -0.39 is 81.0 Å². The predicted octanol–water partition coefficient (Wildman–Crippen LogP) is 4.05. The molecule has 3 aliphatic carbocycles. The quantitative estimate of drug-likeness (QED) is 0.135. The van der Waals surface area contributed by atoms with Crippen LogP contribution in [-0.2, 0) is 28.2 Å². The third-order valence-corrected chi connectivity index (χ3v) is 8.54. The Bertz CT molecular complexity index is 1470. The second kappa shape index (κ2) is 14.5. The summed E-state index contributed by atoms with van der Waals surface area (Å²) in [5.74, 6) is -2.40. The average Bonchev–Trinajstić information content (AvgIpc) is 2.97. The summed E-state index contributed by atoms with van der Waals surface area (Å²) in [6, 6.07) is 7.43. The van der Waals surface area contributed by atoms with Crippen LogP contribution in [0.2, 0.25) is 10.0 Å². The van der Waals surface area contributed by atoms with Crippen molar-refractivity contribution in [2.24, 2.45) is 0 Å². The van der Waals surface area contributed by atoms with E-state index in [4.69, 9.17) is 51.9 Å². The number of carbonyl (C=O) groups excluding carboxylic acids is 3. The molecule has 0 aliphatic heterocycles. The Balaban J connectivity index is 1.40. The highest BCUT2D eigenvalue weighted by atomic mass is 35.5. The van der Waals surface area contributed by atoms with E-state index in [1.165, 1.54) is 24.3 Å². The van der Waals surface area contributed by atoms with E-state index in [9.17, 15) is 27.7 Å². The fourth-order valence-corrected chi connectivity index (χ4v) is 5.84. The number of hydrogen-bond acceptors (Lipinski definition) is 9. The molecule has 5 rings (SSSR count). The molecule has 1 atom stereocenters. The Kier molecular flexibility index (Phi) is 11.2. The predicted molar refractivity (Wildman–Crippen MR) is 153 cm³/mol. The summed E-state index contributed by atoms with van der Waals surface area (Å²) >= 11 is 11.3. The number of amides is 2. The summed E-state index contributed by atoms with van der Waals surface area (Å²) in [5, 5.41) is 5.55. The lowest BCUT2D eigenvalue weighted by Gasteiger charge is -2.56. The Morgan fingerprint density at radius 3 is 1.91 bits per heavy atom. The monoisotopic (exact) mass is 696 g/mol. The molecule has 3 aliphatic rings. The van der Waals surface area contributed by atoms with Gasteiger partial charge in [0.25, 0.3) is 11.8 Å². The van der Waals surface area contributed by atoms with Gasteiger partial charge in [-0.3, -0.25) is 14.1 Å². The molecule has 4 N–H and O–H groups in total. The number of ether oxygens (including phenoxy) is 4. The number of carbonyl (C=O) groups is 3. The Morgan fingerprint density at radius 1 is 0.867 bits per heavy atom. The summed E-state index contributed by atoms with van der Waals surface area (Å²) in [4.78, 5) is 55.9. The number of phosphoric ester groups is 1. The smallest absolute Gasteiger partial charge is 0.484 e. The molecular weight excluding hydrogens is 668 g/mol. The van der Waals surface area contributed by atoms with Gasteiger partial charge < -0.3 is 39.4 Å². The average molecular weight is 697 g/mol. The normalized spacial score (nSPS) is 22.3. The van der Waals surface area contributed by atoms with E-state index in [2.05, 4.69) is 15.2 Å². The van der Waals surface area contributed by atoms with Crippen LogP contribution in [0.4, 0.5) is 13.6 Å². The van der Waals surface area contributed by atoms with Crippen LogP contribution in [-0.4, -0.2) is 71.4 Å². The van der Waals surface area contributed by atoms with Crippen LogP contribution in [0.25, 0.3) is 0 Å². The standard InChI is InChI=1S/C27H29Cl2F2N2O11P/c28-18-3-1-16(11-20(18)30)41-14-23(34)32-26-5-7-27(8-6-26,22(13-26)44-25(36)40-9-10-43-45(37,38)39)33-24(35)15-42-17-2-4-19(29)21(31)12-17/h1-4,11-12,22H,5-10,13-15H2,(H,32,34)(H,33,35)(H2,37,38,39)/t22-,26?,27?/m1/s1. The van der Waals surface area contributed by atoms with Gasteiger partial charge in [0, 0.05) is 24.1 Å². The van der Waals surface area contributed by atoms with Gasteiger partial charge in [-0.05, 0) is 49.9 Å². The van der Waals surface area contributed by atoms with Crippen molar-refractivity contribution >= 4 is 49.0 Å². The zero-order valence-corrected chi connectivity index (χ0v) is 25.8. The lowest BCUT2D eigenvalue weighted by Crippen LogP contribution is -2.71. The molecule has 3 fully saturated rings. The van der Waals surface area contributed by atoms with E-state index in [0.717, 1.165) is 12.1 Å². The molecule has 2 aromatic rings. The maximum atomic E-state index is 13.8. The Labute approximate surface area is 265 Å². The lowest BCUT2D eigenvalue weighted by atomic mass is 9.59. The minimum Gasteiger partial charge on any atom is -0.484 e. The van der Waals surface area contributed by atoms with Crippen LogP contribution in [0.1, 0.15) is 32.1 Å². The second-order valence-corrected chi connectivity index (χ2v) is 12.5. The van der Waals surface area contributed by atoms with Gasteiger partial charge in [0.15, 0.2) is 13.2 Å². The highest BCUT2D eigenvalue weighted by Crippen LogP contribution is 2.48. The number of halogens is 4. The van der Waals surface area contributed by atoms with Gasteiger partial charge in [-0.2, -0.15) is 0 Å². The van der Waals surface area contributed by atoms with E-state index in [1.807, 2.05) is 0 Å². The van der Waals surface area contributed by atoms with Gasteiger partial charge in [-0.1, -0.05) is 23.2 Å². The van der Waals surface area contributed by atoms with Gasteiger partial charge >= 0.3 is 14.0 Å². The summed E-state index contributed by atoms with van der Waals surface area (Å²) in [5.41, 5.74) is -1.94. The van der Waals surface area contributed by atoms with Crippen LogP contribution >= 0.6 is 31.0 Å². The lowest BCUT2D eigenvalue weighted by molar-refractivity contribution is -0.139. The first kappa shape index (κ1) is 34.7. The molecule has 2 aromatic carbocycles. The van der Waals surface area contributed by atoms with E-state index in [0.29, 0.717) is 12.8 Å². The highest BCUT2D eigenvalue weighted by Gasteiger charge is 2.57. The van der Waals surface area contributed by atoms with Gasteiger partial charge in [0.1, 0.15) is 35.8 Å². The maximum Gasteiger partial charge on any atom is 0.508 e. The number of hydrogen-bond donors (Lipinski definition) is 4. The number of benzene rings is 2. The first-order valence-corrected chi connectivity index (χ1v) is 15.8. The van der Waals surface area contributed by atoms with E-state index in [-0.39, 0.29) is 40.8 Å². The summed E-state index contributed by atoms with van der Waals surface area (Å²) in [7, 11) is -4.78.